The van der Waals surface area contributed by atoms with E-state index in [0.717, 1.165) is 50.2 Å². The van der Waals surface area contributed by atoms with E-state index in [2.05, 4.69) is 29.4 Å². The molecule has 2 heterocycles. The third-order valence-corrected chi connectivity index (χ3v) is 5.42. The van der Waals surface area contributed by atoms with Gasteiger partial charge >= 0.3 is 0 Å². The first-order valence-corrected chi connectivity index (χ1v) is 9.19. The van der Waals surface area contributed by atoms with Gasteiger partial charge in [0, 0.05) is 25.9 Å². The third-order valence-electron chi connectivity index (χ3n) is 5.42. The Morgan fingerprint density at radius 1 is 1.12 bits per heavy atom. The number of carbonyl (C=O) groups excluding carboxylic acids is 1. The molecule has 0 radical (unpaired) electrons. The highest BCUT2D eigenvalue weighted by Gasteiger charge is 2.42. The molecule has 1 amide bonds. The lowest BCUT2D eigenvalue weighted by molar-refractivity contribution is -0.140. The van der Waals surface area contributed by atoms with Crippen molar-refractivity contribution in [1.29, 1.82) is 0 Å². The van der Waals surface area contributed by atoms with E-state index >= 15 is 0 Å². The first-order chi connectivity index (χ1) is 12.1. The number of fused-ring (bicyclic) bond motifs is 1. The molecule has 1 saturated carbocycles. The highest BCUT2D eigenvalue weighted by Crippen LogP contribution is 2.31. The van der Waals surface area contributed by atoms with Gasteiger partial charge in [0.05, 0.1) is 12.1 Å². The van der Waals surface area contributed by atoms with Crippen LogP contribution in [0.1, 0.15) is 36.5 Å². The number of aromatic nitrogens is 3. The second-order valence-electron chi connectivity index (χ2n) is 7.20. The van der Waals surface area contributed by atoms with Crippen molar-refractivity contribution in [2.75, 3.05) is 13.1 Å². The van der Waals surface area contributed by atoms with Gasteiger partial charge in [0.15, 0.2) is 5.82 Å². The zero-order valence-corrected chi connectivity index (χ0v) is 14.5. The molecule has 0 spiro atoms. The number of nitrogens with zero attached hydrogens (tertiary/aromatic N) is 4. The monoisotopic (exact) mass is 339 g/mol. The van der Waals surface area contributed by atoms with Crippen LogP contribution >= 0.6 is 0 Å². The van der Waals surface area contributed by atoms with Crippen LogP contribution in [-0.2, 0) is 30.6 Å². The molecule has 2 aromatic rings. The van der Waals surface area contributed by atoms with Crippen LogP contribution in [0.15, 0.2) is 30.3 Å². The van der Waals surface area contributed by atoms with Gasteiger partial charge in [-0.05, 0) is 31.2 Å². The van der Waals surface area contributed by atoms with E-state index < -0.39 is 5.54 Å². The molecule has 1 aromatic heterocycles. The van der Waals surface area contributed by atoms with Crippen LogP contribution in [0.3, 0.4) is 0 Å². The fourth-order valence-electron chi connectivity index (χ4n) is 3.65. The zero-order chi connectivity index (χ0) is 17.3. The summed E-state index contributed by atoms with van der Waals surface area (Å²) < 4.78 is 1.97. The summed E-state index contributed by atoms with van der Waals surface area (Å²) in [6, 6.07) is 10.4. The van der Waals surface area contributed by atoms with E-state index in [0.29, 0.717) is 19.6 Å². The van der Waals surface area contributed by atoms with Gasteiger partial charge < -0.3 is 10.6 Å². The van der Waals surface area contributed by atoms with Gasteiger partial charge in [-0.25, -0.2) is 9.67 Å². The van der Waals surface area contributed by atoms with E-state index in [9.17, 15) is 4.79 Å². The minimum atomic E-state index is -0.610. The number of rotatable bonds is 4. The molecule has 1 aliphatic carbocycles. The first kappa shape index (κ1) is 16.3. The van der Waals surface area contributed by atoms with Gasteiger partial charge in [-0.1, -0.05) is 30.3 Å². The molecule has 4 rings (SSSR count). The highest BCUT2D eigenvalue weighted by molar-refractivity contribution is 5.87. The van der Waals surface area contributed by atoms with Gasteiger partial charge in [-0.3, -0.25) is 4.79 Å². The summed E-state index contributed by atoms with van der Waals surface area (Å²) in [5.41, 5.74) is 6.89. The molecule has 1 aromatic carbocycles. The fourth-order valence-corrected chi connectivity index (χ4v) is 3.65. The molecule has 6 nitrogen and oxygen atoms in total. The average molecular weight is 339 g/mol. The Balaban J connectivity index is 1.37. The lowest BCUT2D eigenvalue weighted by Gasteiger charge is -2.40. The molecule has 0 bridgehead atoms. The molecule has 25 heavy (non-hydrogen) atoms. The number of hydrogen-bond acceptors (Lipinski definition) is 4. The smallest absolute Gasteiger partial charge is 0.242 e. The van der Waals surface area contributed by atoms with Gasteiger partial charge in [-0.2, -0.15) is 5.10 Å². The summed E-state index contributed by atoms with van der Waals surface area (Å²) in [6.45, 7) is 2.07. The number of hydrogen-bond donors (Lipinski definition) is 1. The minimum absolute atomic E-state index is 0.105. The molecule has 2 N–H and O–H groups in total. The largest absolute Gasteiger partial charge is 0.339 e. The quantitative estimate of drug-likeness (QED) is 0.912. The van der Waals surface area contributed by atoms with Crippen molar-refractivity contribution >= 4 is 5.91 Å². The lowest BCUT2D eigenvalue weighted by atomic mass is 9.76. The van der Waals surface area contributed by atoms with Gasteiger partial charge in [0.25, 0.3) is 0 Å². The number of aryl methyl sites for hydroxylation is 2. The van der Waals surface area contributed by atoms with E-state index in [1.807, 2.05) is 15.6 Å². The molecule has 0 unspecified atom stereocenters. The summed E-state index contributed by atoms with van der Waals surface area (Å²) in [6.07, 6.45) is 5.23. The van der Waals surface area contributed by atoms with E-state index in [-0.39, 0.29) is 5.91 Å². The number of nitrogens with two attached hydrogens (primary N) is 1. The first-order valence-electron chi connectivity index (χ1n) is 9.19. The molecule has 1 aliphatic heterocycles. The molecule has 2 aliphatic rings. The fraction of sp³-hybridized carbons (Fsp3) is 0.526. The van der Waals surface area contributed by atoms with Crippen molar-refractivity contribution in [3.8, 4) is 0 Å². The van der Waals surface area contributed by atoms with Gasteiger partial charge in [0.1, 0.15) is 5.82 Å². The summed E-state index contributed by atoms with van der Waals surface area (Å²) in [7, 11) is 0. The molecule has 6 heteroatoms. The predicted octanol–water partition coefficient (Wildman–Crippen LogP) is 1.33. The Hall–Kier alpha value is -2.21. The van der Waals surface area contributed by atoms with Crippen LogP contribution < -0.4 is 5.73 Å². The van der Waals surface area contributed by atoms with E-state index in [1.165, 1.54) is 5.56 Å². The minimum Gasteiger partial charge on any atom is -0.339 e. The summed E-state index contributed by atoms with van der Waals surface area (Å²) in [4.78, 5) is 19.2. The SMILES string of the molecule is NC1(C(=O)N2CCc3nc(CCc4ccccc4)nn3CC2)CCC1. The molecule has 0 saturated heterocycles. The highest BCUT2D eigenvalue weighted by atomic mass is 16.2. The maximum atomic E-state index is 12.6. The number of amides is 1. The number of benzene rings is 1. The van der Waals surface area contributed by atoms with E-state index in [4.69, 9.17) is 10.7 Å². The summed E-state index contributed by atoms with van der Waals surface area (Å²) in [5.74, 6) is 1.99. The van der Waals surface area contributed by atoms with Gasteiger partial charge in [0.2, 0.25) is 5.91 Å². The Bertz CT molecular complexity index is 725. The molecular formula is C19H25N5O. The van der Waals surface area contributed by atoms with Crippen LogP contribution in [-0.4, -0.2) is 44.2 Å². The zero-order valence-electron chi connectivity index (χ0n) is 14.5. The normalized spacial score (nSPS) is 19.0. The van der Waals surface area contributed by atoms with Crippen molar-refractivity contribution in [3.05, 3.63) is 47.5 Å². The van der Waals surface area contributed by atoms with Crippen LogP contribution in [0.4, 0.5) is 0 Å². The second-order valence-corrected chi connectivity index (χ2v) is 7.20. The predicted molar refractivity (Wildman–Crippen MR) is 94.9 cm³/mol. The Labute approximate surface area is 148 Å². The van der Waals surface area contributed by atoms with Crippen molar-refractivity contribution in [2.45, 2.75) is 50.6 Å². The molecular weight excluding hydrogens is 314 g/mol. The van der Waals surface area contributed by atoms with E-state index in [1.54, 1.807) is 0 Å². The van der Waals surface area contributed by atoms with Crippen LogP contribution in [0, 0.1) is 0 Å². The van der Waals surface area contributed by atoms with Crippen LogP contribution in [0.2, 0.25) is 0 Å². The topological polar surface area (TPSA) is 77.0 Å². The standard InChI is InChI=1S/C19H25N5O/c20-19(10-4-11-19)18(25)23-12-9-17-21-16(22-24(17)14-13-23)8-7-15-5-2-1-3-6-15/h1-3,5-6H,4,7-14,20H2. The maximum absolute atomic E-state index is 12.6. The summed E-state index contributed by atoms with van der Waals surface area (Å²) in [5, 5.41) is 4.65. The van der Waals surface area contributed by atoms with Crippen molar-refractivity contribution in [3.63, 3.8) is 0 Å². The van der Waals surface area contributed by atoms with Crippen LogP contribution in [0.5, 0.6) is 0 Å². The molecule has 0 atom stereocenters. The lowest BCUT2D eigenvalue weighted by Crippen LogP contribution is -2.60. The second kappa shape index (κ2) is 6.59. The Kier molecular flexibility index (Phi) is 4.29. The van der Waals surface area contributed by atoms with Gasteiger partial charge in [-0.15, -0.1) is 0 Å². The Morgan fingerprint density at radius 2 is 1.92 bits per heavy atom. The van der Waals surface area contributed by atoms with Crippen LogP contribution in [0.25, 0.3) is 0 Å². The van der Waals surface area contributed by atoms with Crippen molar-refractivity contribution < 1.29 is 4.79 Å². The molecule has 1 fully saturated rings. The van der Waals surface area contributed by atoms with Crippen molar-refractivity contribution in [2.24, 2.45) is 5.73 Å². The van der Waals surface area contributed by atoms with Crippen molar-refractivity contribution in [1.82, 2.24) is 19.7 Å². The molecule has 132 valence electrons. The Morgan fingerprint density at radius 3 is 2.64 bits per heavy atom. The third kappa shape index (κ3) is 3.31. The summed E-state index contributed by atoms with van der Waals surface area (Å²) >= 11 is 0. The maximum Gasteiger partial charge on any atom is 0.242 e. The number of carbonyl (C=O) groups is 1. The average Bonchev–Trinajstić information content (AvgIpc) is 2.90.